The molecule has 1 unspecified atom stereocenters. The second-order valence-corrected chi connectivity index (χ2v) is 5.44. The van der Waals surface area contributed by atoms with Crippen molar-refractivity contribution in [3.8, 4) is 0 Å². The number of hydrogen-bond donors (Lipinski definition) is 0. The van der Waals surface area contributed by atoms with Gasteiger partial charge in [0.25, 0.3) is 0 Å². The van der Waals surface area contributed by atoms with Crippen LogP contribution in [0.4, 0.5) is 0 Å². The molecule has 1 heteroatoms. The summed E-state index contributed by atoms with van der Waals surface area (Å²) in [5, 5.41) is 0. The van der Waals surface area contributed by atoms with E-state index in [1.54, 1.807) is 0 Å². The smallest absolute Gasteiger partial charge is 0.0626 e. The van der Waals surface area contributed by atoms with Gasteiger partial charge in [0, 0.05) is 6.61 Å². The SMILES string of the molecule is CC(C)CC(C)(C)C1CCCCO1. The highest BCUT2D eigenvalue weighted by Gasteiger charge is 2.31. The summed E-state index contributed by atoms with van der Waals surface area (Å²) in [5.41, 5.74) is 0.370. The molecule has 1 aliphatic rings. The van der Waals surface area contributed by atoms with Crippen molar-refractivity contribution in [1.29, 1.82) is 0 Å². The Morgan fingerprint density at radius 2 is 2.00 bits per heavy atom. The Morgan fingerprint density at radius 1 is 1.31 bits per heavy atom. The van der Waals surface area contributed by atoms with Crippen LogP contribution in [0, 0.1) is 11.3 Å². The van der Waals surface area contributed by atoms with Crippen molar-refractivity contribution >= 4 is 0 Å². The largest absolute Gasteiger partial charge is 0.378 e. The van der Waals surface area contributed by atoms with E-state index in [0.29, 0.717) is 11.5 Å². The third-order valence-corrected chi connectivity index (χ3v) is 2.99. The molecule has 78 valence electrons. The maximum absolute atomic E-state index is 5.84. The fourth-order valence-electron chi connectivity index (χ4n) is 2.54. The minimum atomic E-state index is 0.370. The van der Waals surface area contributed by atoms with Crippen molar-refractivity contribution in [3.05, 3.63) is 0 Å². The minimum Gasteiger partial charge on any atom is -0.378 e. The second-order valence-electron chi connectivity index (χ2n) is 5.44. The van der Waals surface area contributed by atoms with Crippen LogP contribution in [0.15, 0.2) is 0 Å². The lowest BCUT2D eigenvalue weighted by Gasteiger charge is -2.38. The van der Waals surface area contributed by atoms with Gasteiger partial charge in [-0.25, -0.2) is 0 Å². The summed E-state index contributed by atoms with van der Waals surface area (Å²) >= 11 is 0. The molecule has 0 radical (unpaired) electrons. The number of ether oxygens (including phenoxy) is 1. The van der Waals surface area contributed by atoms with E-state index in [2.05, 4.69) is 27.7 Å². The molecule has 13 heavy (non-hydrogen) atoms. The summed E-state index contributed by atoms with van der Waals surface area (Å²) in [5.74, 6) is 0.778. The fourth-order valence-corrected chi connectivity index (χ4v) is 2.54. The first-order valence-corrected chi connectivity index (χ1v) is 5.64. The van der Waals surface area contributed by atoms with E-state index in [-0.39, 0.29) is 0 Å². The second kappa shape index (κ2) is 4.45. The monoisotopic (exact) mass is 184 g/mol. The molecule has 1 rings (SSSR count). The van der Waals surface area contributed by atoms with Crippen LogP contribution < -0.4 is 0 Å². The van der Waals surface area contributed by atoms with Crippen molar-refractivity contribution in [1.82, 2.24) is 0 Å². The zero-order valence-electron chi connectivity index (χ0n) is 9.60. The van der Waals surface area contributed by atoms with E-state index >= 15 is 0 Å². The van der Waals surface area contributed by atoms with E-state index in [0.717, 1.165) is 12.5 Å². The van der Waals surface area contributed by atoms with Gasteiger partial charge in [-0.15, -0.1) is 0 Å². The van der Waals surface area contributed by atoms with E-state index in [4.69, 9.17) is 4.74 Å². The van der Waals surface area contributed by atoms with Gasteiger partial charge in [0.05, 0.1) is 6.10 Å². The van der Waals surface area contributed by atoms with Crippen LogP contribution in [0.1, 0.15) is 53.4 Å². The normalized spacial score (nSPS) is 25.2. The van der Waals surface area contributed by atoms with Gasteiger partial charge >= 0.3 is 0 Å². The molecule has 0 saturated carbocycles. The first-order chi connectivity index (χ1) is 6.02. The molecule has 0 amide bonds. The van der Waals surface area contributed by atoms with E-state index in [1.165, 1.54) is 25.7 Å². The Kier molecular flexibility index (Phi) is 3.78. The van der Waals surface area contributed by atoms with Crippen molar-refractivity contribution < 1.29 is 4.74 Å². The molecule has 0 aromatic heterocycles. The Morgan fingerprint density at radius 3 is 2.46 bits per heavy atom. The molecule has 0 aliphatic carbocycles. The molecule has 1 heterocycles. The average Bonchev–Trinajstić information content (AvgIpc) is 2.04. The molecule has 1 aliphatic heterocycles. The summed E-state index contributed by atoms with van der Waals surface area (Å²) in [6, 6.07) is 0. The van der Waals surface area contributed by atoms with E-state index in [9.17, 15) is 0 Å². The van der Waals surface area contributed by atoms with Crippen molar-refractivity contribution in [2.75, 3.05) is 6.61 Å². The first kappa shape index (κ1) is 11.0. The zero-order valence-corrected chi connectivity index (χ0v) is 9.60. The third kappa shape index (κ3) is 3.30. The summed E-state index contributed by atoms with van der Waals surface area (Å²) in [7, 11) is 0. The Bertz CT molecular complexity index is 143. The van der Waals surface area contributed by atoms with Gasteiger partial charge in [-0.05, 0) is 37.0 Å². The molecule has 0 aromatic carbocycles. The predicted octanol–water partition coefficient (Wildman–Crippen LogP) is 3.63. The minimum absolute atomic E-state index is 0.370. The standard InChI is InChI=1S/C12H24O/c1-10(2)9-12(3,4)11-7-5-6-8-13-11/h10-11H,5-9H2,1-4H3. The highest BCUT2D eigenvalue weighted by atomic mass is 16.5. The molecule has 1 nitrogen and oxygen atoms in total. The molecule has 0 spiro atoms. The maximum Gasteiger partial charge on any atom is 0.0626 e. The van der Waals surface area contributed by atoms with Gasteiger partial charge in [-0.3, -0.25) is 0 Å². The molecular weight excluding hydrogens is 160 g/mol. The molecular formula is C12H24O. The lowest BCUT2D eigenvalue weighted by Crippen LogP contribution is -2.35. The quantitative estimate of drug-likeness (QED) is 0.651. The summed E-state index contributed by atoms with van der Waals surface area (Å²) in [6.07, 6.45) is 5.65. The maximum atomic E-state index is 5.84. The molecule has 1 fully saturated rings. The Hall–Kier alpha value is -0.0400. The molecule has 0 aromatic rings. The van der Waals surface area contributed by atoms with Crippen LogP contribution in [0.25, 0.3) is 0 Å². The van der Waals surface area contributed by atoms with Crippen LogP contribution in [-0.4, -0.2) is 12.7 Å². The van der Waals surface area contributed by atoms with E-state index in [1.807, 2.05) is 0 Å². The molecule has 1 atom stereocenters. The Balaban J connectivity index is 2.45. The lowest BCUT2D eigenvalue weighted by molar-refractivity contribution is -0.0616. The lowest BCUT2D eigenvalue weighted by atomic mass is 9.76. The van der Waals surface area contributed by atoms with Crippen LogP contribution in [0.3, 0.4) is 0 Å². The number of hydrogen-bond acceptors (Lipinski definition) is 1. The fraction of sp³-hybridized carbons (Fsp3) is 1.00. The van der Waals surface area contributed by atoms with Crippen LogP contribution in [-0.2, 0) is 4.74 Å². The van der Waals surface area contributed by atoms with Crippen LogP contribution >= 0.6 is 0 Å². The topological polar surface area (TPSA) is 9.23 Å². The highest BCUT2D eigenvalue weighted by molar-refractivity contribution is 4.81. The van der Waals surface area contributed by atoms with Gasteiger partial charge in [0.1, 0.15) is 0 Å². The third-order valence-electron chi connectivity index (χ3n) is 2.99. The van der Waals surface area contributed by atoms with Crippen molar-refractivity contribution in [2.24, 2.45) is 11.3 Å². The van der Waals surface area contributed by atoms with Crippen molar-refractivity contribution in [2.45, 2.75) is 59.5 Å². The number of rotatable bonds is 3. The first-order valence-electron chi connectivity index (χ1n) is 5.64. The van der Waals surface area contributed by atoms with Gasteiger partial charge in [-0.1, -0.05) is 27.7 Å². The summed E-state index contributed by atoms with van der Waals surface area (Å²) < 4.78 is 5.84. The van der Waals surface area contributed by atoms with Crippen molar-refractivity contribution in [3.63, 3.8) is 0 Å². The van der Waals surface area contributed by atoms with Gasteiger partial charge in [0.2, 0.25) is 0 Å². The summed E-state index contributed by atoms with van der Waals surface area (Å²) in [4.78, 5) is 0. The molecule has 0 bridgehead atoms. The molecule has 0 N–H and O–H groups in total. The van der Waals surface area contributed by atoms with Crippen LogP contribution in [0.2, 0.25) is 0 Å². The van der Waals surface area contributed by atoms with Gasteiger partial charge in [-0.2, -0.15) is 0 Å². The molecule has 1 saturated heterocycles. The predicted molar refractivity (Wildman–Crippen MR) is 56.8 cm³/mol. The van der Waals surface area contributed by atoms with Gasteiger partial charge < -0.3 is 4.74 Å². The highest BCUT2D eigenvalue weighted by Crippen LogP contribution is 2.35. The van der Waals surface area contributed by atoms with Gasteiger partial charge in [0.15, 0.2) is 0 Å². The summed E-state index contributed by atoms with van der Waals surface area (Å²) in [6.45, 7) is 10.3. The van der Waals surface area contributed by atoms with E-state index < -0.39 is 0 Å². The zero-order chi connectivity index (χ0) is 9.90. The Labute approximate surface area is 82.9 Å². The van der Waals surface area contributed by atoms with Crippen LogP contribution in [0.5, 0.6) is 0 Å². The average molecular weight is 184 g/mol.